The van der Waals surface area contributed by atoms with E-state index in [2.05, 4.69) is 24.6 Å². The lowest BCUT2D eigenvalue weighted by Gasteiger charge is -2.22. The maximum absolute atomic E-state index is 13.9. The van der Waals surface area contributed by atoms with Crippen molar-refractivity contribution >= 4 is 93.4 Å². The number of carbonyl (C=O) groups excluding carboxylic acids is 4. The number of amides is 4. The van der Waals surface area contributed by atoms with Gasteiger partial charge in [-0.2, -0.15) is 0 Å². The van der Waals surface area contributed by atoms with E-state index in [1.165, 1.54) is 9.80 Å². The Kier molecular flexibility index (Phi) is 11.0. The number of nitrogens with two attached hydrogens (primary N) is 2. The molecule has 0 atom stereocenters. The van der Waals surface area contributed by atoms with Crippen LogP contribution in [-0.4, -0.2) is 48.7 Å². The Bertz CT molecular complexity index is 2820. The third-order valence-corrected chi connectivity index (χ3v) is 14.6. The molecular formula is C50H38N4O4S4. The molecule has 4 N–H and O–H groups in total. The third kappa shape index (κ3) is 6.97. The van der Waals surface area contributed by atoms with E-state index in [0.29, 0.717) is 45.0 Å². The van der Waals surface area contributed by atoms with Gasteiger partial charge in [0.2, 0.25) is 0 Å². The van der Waals surface area contributed by atoms with Crippen LogP contribution in [-0.2, 0) is 0 Å². The van der Waals surface area contributed by atoms with Crippen LogP contribution in [0.15, 0.2) is 153 Å². The van der Waals surface area contributed by atoms with Crippen molar-refractivity contribution < 1.29 is 19.2 Å². The lowest BCUT2D eigenvalue weighted by molar-refractivity contribution is 0.0910. The van der Waals surface area contributed by atoms with E-state index < -0.39 is 0 Å². The minimum Gasteiger partial charge on any atom is -0.399 e. The number of benzene rings is 7. The topological polar surface area (TPSA) is 127 Å². The first-order valence-corrected chi connectivity index (χ1v) is 24.3. The smallest absolute Gasteiger partial charge is 0.266 e. The molecule has 0 spiro atoms. The first-order valence-electron chi connectivity index (χ1n) is 19.4. The van der Waals surface area contributed by atoms with Gasteiger partial charge in [-0.25, -0.2) is 9.80 Å². The van der Waals surface area contributed by atoms with Gasteiger partial charge in [-0.1, -0.05) is 60.7 Å². The molecule has 2 aliphatic rings. The average Bonchev–Trinajstić information content (AvgIpc) is 3.70. The van der Waals surface area contributed by atoms with Gasteiger partial charge in [0, 0.05) is 31.0 Å². The van der Waals surface area contributed by atoms with Crippen molar-refractivity contribution in [3.05, 3.63) is 156 Å². The summed E-state index contributed by atoms with van der Waals surface area (Å²) in [5, 5.41) is 0. The van der Waals surface area contributed by atoms with Gasteiger partial charge in [0.25, 0.3) is 23.6 Å². The number of carbonyl (C=O) groups is 4. The number of thioether (sulfide) groups is 4. The highest BCUT2D eigenvalue weighted by Crippen LogP contribution is 2.48. The fourth-order valence-electron chi connectivity index (χ4n) is 8.14. The molecule has 8 nitrogen and oxygen atoms in total. The van der Waals surface area contributed by atoms with Crippen LogP contribution in [0.3, 0.4) is 0 Å². The van der Waals surface area contributed by atoms with Crippen LogP contribution >= 0.6 is 47.0 Å². The van der Waals surface area contributed by atoms with E-state index in [4.69, 9.17) is 11.5 Å². The minimum absolute atomic E-state index is 0.352. The second-order valence-corrected chi connectivity index (χ2v) is 18.0. The summed E-state index contributed by atoms with van der Waals surface area (Å²) in [7, 11) is 0. The number of nitrogen functional groups attached to an aromatic ring is 2. The summed E-state index contributed by atoms with van der Waals surface area (Å²) in [5.74, 6) is -1.42. The SMILES string of the molecule is CSc1cc(N2C(=O)c3ccc(-c4ccc(N)cc4)cc3C2=O)ccc1-c1ccc(-c2ccc(N3C(=O)c4ccc(-c5ccc(N)cc5)cc4C3=O)cc2SC)c(SC)c1SC. The van der Waals surface area contributed by atoms with Gasteiger partial charge < -0.3 is 11.5 Å². The van der Waals surface area contributed by atoms with Crippen molar-refractivity contribution in [1.82, 2.24) is 0 Å². The van der Waals surface area contributed by atoms with Gasteiger partial charge in [-0.3, -0.25) is 19.2 Å². The van der Waals surface area contributed by atoms with Crippen molar-refractivity contribution in [2.75, 3.05) is 46.3 Å². The van der Waals surface area contributed by atoms with E-state index in [1.54, 1.807) is 71.3 Å². The molecule has 7 aromatic carbocycles. The second-order valence-electron chi connectivity index (χ2n) is 14.7. The molecule has 0 saturated heterocycles. The zero-order valence-electron chi connectivity index (χ0n) is 34.0. The van der Waals surface area contributed by atoms with Gasteiger partial charge in [-0.05, 0) is 142 Å². The van der Waals surface area contributed by atoms with Crippen molar-refractivity contribution in [3.63, 3.8) is 0 Å². The van der Waals surface area contributed by atoms with Crippen molar-refractivity contribution in [3.8, 4) is 44.5 Å². The average molecular weight is 887 g/mol. The van der Waals surface area contributed by atoms with Crippen LogP contribution in [0.5, 0.6) is 0 Å². The molecule has 0 fully saturated rings. The standard InChI is InChI=1S/C50H38N4O4S4/c1-59-43-25-33(53-47(55)39-17-9-29(23-41(39)49(53)57)27-5-11-31(51)12-6-27)15-19-35(43)37-21-22-38(46(62-4)45(37)61-3)36-20-16-34(26-44(36)60-2)54-48(56)40-18-10-30(24-42(40)50(54)58)28-7-13-32(52)14-8-28/h5-26H,51-52H2,1-4H3. The molecule has 0 saturated carbocycles. The number of fused-ring (bicyclic) bond motifs is 2. The number of hydrogen-bond donors (Lipinski definition) is 2. The van der Waals surface area contributed by atoms with Crippen molar-refractivity contribution in [1.29, 1.82) is 0 Å². The normalized spacial score (nSPS) is 13.3. The summed E-state index contributed by atoms with van der Waals surface area (Å²) in [4.78, 5) is 61.8. The van der Waals surface area contributed by atoms with Crippen LogP contribution in [0.25, 0.3) is 44.5 Å². The highest BCUT2D eigenvalue weighted by atomic mass is 32.2. The van der Waals surface area contributed by atoms with Crippen molar-refractivity contribution in [2.45, 2.75) is 19.6 Å². The predicted octanol–water partition coefficient (Wildman–Crippen LogP) is 12.0. The highest BCUT2D eigenvalue weighted by Gasteiger charge is 2.39. The highest BCUT2D eigenvalue weighted by molar-refractivity contribution is 8.02. The zero-order valence-corrected chi connectivity index (χ0v) is 37.3. The van der Waals surface area contributed by atoms with Crippen LogP contribution in [0.2, 0.25) is 0 Å². The van der Waals surface area contributed by atoms with E-state index in [0.717, 1.165) is 64.1 Å². The van der Waals surface area contributed by atoms with Gasteiger partial charge in [0.05, 0.1) is 33.6 Å². The Balaban J connectivity index is 1.02. The Morgan fingerprint density at radius 1 is 0.339 bits per heavy atom. The molecule has 0 bridgehead atoms. The predicted molar refractivity (Wildman–Crippen MR) is 259 cm³/mol. The van der Waals surface area contributed by atoms with E-state index in [1.807, 2.05) is 110 Å². The van der Waals surface area contributed by atoms with Crippen LogP contribution in [0, 0.1) is 0 Å². The quantitative estimate of drug-likeness (QED) is 0.0778. The number of rotatable bonds is 10. The molecule has 62 heavy (non-hydrogen) atoms. The Hall–Kier alpha value is -6.18. The number of nitrogens with zero attached hydrogens (tertiary/aromatic N) is 2. The van der Waals surface area contributed by atoms with Gasteiger partial charge in [0.15, 0.2) is 0 Å². The summed E-state index contributed by atoms with van der Waals surface area (Å²) < 4.78 is 0. The Morgan fingerprint density at radius 3 is 1.02 bits per heavy atom. The minimum atomic E-state index is -0.358. The lowest BCUT2D eigenvalue weighted by atomic mass is 9.99. The molecule has 9 rings (SSSR count). The number of hydrogen-bond acceptors (Lipinski definition) is 10. The maximum Gasteiger partial charge on any atom is 0.266 e. The molecule has 0 radical (unpaired) electrons. The first-order chi connectivity index (χ1) is 30.0. The summed E-state index contributed by atoms with van der Waals surface area (Å²) in [5.41, 5.74) is 23.1. The maximum atomic E-state index is 13.9. The molecule has 7 aromatic rings. The van der Waals surface area contributed by atoms with Gasteiger partial charge >= 0.3 is 0 Å². The Morgan fingerprint density at radius 2 is 0.661 bits per heavy atom. The molecule has 0 unspecified atom stereocenters. The molecule has 12 heteroatoms. The van der Waals surface area contributed by atoms with E-state index in [-0.39, 0.29) is 23.6 Å². The van der Waals surface area contributed by atoms with E-state index >= 15 is 0 Å². The number of imide groups is 2. The van der Waals surface area contributed by atoms with Gasteiger partial charge in [-0.15, -0.1) is 47.0 Å². The molecule has 2 heterocycles. The van der Waals surface area contributed by atoms with Crippen molar-refractivity contribution in [2.24, 2.45) is 0 Å². The number of anilines is 4. The molecule has 0 aliphatic carbocycles. The molecule has 4 amide bonds. The van der Waals surface area contributed by atoms with Crippen LogP contribution in [0.4, 0.5) is 22.7 Å². The second kappa shape index (κ2) is 16.6. The fourth-order valence-corrected chi connectivity index (χ4v) is 11.3. The van der Waals surface area contributed by atoms with Gasteiger partial charge in [0.1, 0.15) is 0 Å². The first kappa shape index (κ1) is 41.2. The summed E-state index contributed by atoms with van der Waals surface area (Å²) in [6.07, 6.45) is 8.11. The molecular weight excluding hydrogens is 849 g/mol. The molecule has 2 aliphatic heterocycles. The molecule has 0 aromatic heterocycles. The summed E-state index contributed by atoms with van der Waals surface area (Å²) in [6.45, 7) is 0. The monoisotopic (exact) mass is 886 g/mol. The largest absolute Gasteiger partial charge is 0.399 e. The zero-order chi connectivity index (χ0) is 43.4. The lowest BCUT2D eigenvalue weighted by Crippen LogP contribution is -2.29. The third-order valence-electron chi connectivity index (χ3n) is 11.2. The van der Waals surface area contributed by atoms with E-state index in [9.17, 15) is 19.2 Å². The molecule has 306 valence electrons. The summed E-state index contributed by atoms with van der Waals surface area (Å²) >= 11 is 6.42. The summed E-state index contributed by atoms with van der Waals surface area (Å²) in [6, 6.07) is 41.3. The van der Waals surface area contributed by atoms with Crippen LogP contribution in [0.1, 0.15) is 41.4 Å². The van der Waals surface area contributed by atoms with Crippen LogP contribution < -0.4 is 21.3 Å². The fraction of sp³-hybridized carbons (Fsp3) is 0.0800. The Labute approximate surface area is 376 Å².